The van der Waals surface area contributed by atoms with Gasteiger partial charge in [-0.1, -0.05) is 178 Å². The highest BCUT2D eigenvalue weighted by Gasteiger charge is 2.36. The first-order valence-electron chi connectivity index (χ1n) is 22.7. The minimum absolute atomic E-state index is 0.0966. The normalized spacial score (nSPS) is 12.8. The van der Waals surface area contributed by atoms with Crippen molar-refractivity contribution >= 4 is 60.9 Å². The molecule has 3 heteroatoms. The lowest BCUT2D eigenvalue weighted by Gasteiger charge is -2.26. The Bertz CT molecular complexity index is 3660. The first-order valence-corrected chi connectivity index (χ1v) is 22.7. The lowest BCUT2D eigenvalue weighted by atomic mass is 9.81. The van der Waals surface area contributed by atoms with Crippen LogP contribution in [-0.4, -0.2) is 0 Å². The Balaban J connectivity index is 0.877. The van der Waals surface area contributed by atoms with Gasteiger partial charge in [-0.15, -0.1) is 0 Å². The summed E-state index contributed by atoms with van der Waals surface area (Å²) in [4.78, 5) is 2.34. The summed E-state index contributed by atoms with van der Waals surface area (Å²) in [6, 6.07) is 80.8. The van der Waals surface area contributed by atoms with Crippen molar-refractivity contribution < 1.29 is 8.83 Å². The second-order valence-electron chi connectivity index (χ2n) is 18.0. The van der Waals surface area contributed by atoms with E-state index in [2.05, 4.69) is 219 Å². The third kappa shape index (κ3) is 6.04. The maximum Gasteiger partial charge on any atom is 0.143 e. The second-order valence-corrected chi connectivity index (χ2v) is 18.0. The van der Waals surface area contributed by atoms with E-state index in [0.29, 0.717) is 0 Å². The van der Waals surface area contributed by atoms with Crippen molar-refractivity contribution in [3.05, 3.63) is 236 Å². The first kappa shape index (κ1) is 38.1. The van der Waals surface area contributed by atoms with Gasteiger partial charge < -0.3 is 13.7 Å². The molecule has 0 saturated heterocycles. The molecule has 3 nitrogen and oxygen atoms in total. The highest BCUT2D eigenvalue weighted by molar-refractivity contribution is 6.10. The Morgan fingerprint density at radius 3 is 1.30 bits per heavy atom. The van der Waals surface area contributed by atoms with E-state index in [-0.39, 0.29) is 5.41 Å². The van der Waals surface area contributed by atoms with E-state index in [0.717, 1.165) is 83.2 Å². The van der Waals surface area contributed by atoms with E-state index >= 15 is 0 Å². The molecule has 2 aromatic heterocycles. The van der Waals surface area contributed by atoms with Crippen LogP contribution in [0.25, 0.3) is 99.5 Å². The Morgan fingerprint density at radius 2 is 0.742 bits per heavy atom. The van der Waals surface area contributed by atoms with Gasteiger partial charge in [0.2, 0.25) is 0 Å². The van der Waals surface area contributed by atoms with Crippen molar-refractivity contribution in [1.29, 1.82) is 0 Å². The van der Waals surface area contributed by atoms with Crippen LogP contribution in [0.15, 0.2) is 233 Å². The molecule has 1 aliphatic rings. The molecule has 0 radical (unpaired) electrons. The van der Waals surface area contributed by atoms with Crippen LogP contribution in [0.2, 0.25) is 0 Å². The molecule has 0 aliphatic heterocycles. The van der Waals surface area contributed by atoms with Gasteiger partial charge >= 0.3 is 0 Å². The number of furan rings is 2. The number of anilines is 3. The maximum atomic E-state index is 6.45. The molecule has 1 aliphatic carbocycles. The number of hydrogen-bond donors (Lipinski definition) is 0. The van der Waals surface area contributed by atoms with Crippen LogP contribution in [0.5, 0.6) is 0 Å². The molecule has 0 saturated carbocycles. The minimum atomic E-state index is -0.0966. The highest BCUT2D eigenvalue weighted by Crippen LogP contribution is 2.51. The van der Waals surface area contributed by atoms with E-state index < -0.39 is 0 Å². The number of nitrogens with zero attached hydrogens (tertiary/aromatic N) is 1. The molecule has 0 bridgehead atoms. The third-order valence-corrected chi connectivity index (χ3v) is 13.9. The van der Waals surface area contributed by atoms with Crippen molar-refractivity contribution in [1.82, 2.24) is 0 Å². The zero-order chi connectivity index (χ0) is 43.9. The summed E-state index contributed by atoms with van der Waals surface area (Å²) in [5, 5.41) is 4.51. The van der Waals surface area contributed by atoms with Crippen LogP contribution < -0.4 is 4.90 Å². The van der Waals surface area contributed by atoms with Gasteiger partial charge in [0.05, 0.1) is 0 Å². The number of fused-ring (bicyclic) bond motifs is 9. The Hall–Kier alpha value is -8.40. The topological polar surface area (TPSA) is 29.5 Å². The van der Waals surface area contributed by atoms with Crippen LogP contribution in [0.3, 0.4) is 0 Å². The average molecular weight is 846 g/mol. The molecule has 312 valence electrons. The minimum Gasteiger partial charge on any atom is -0.455 e. The van der Waals surface area contributed by atoms with Crippen LogP contribution in [-0.2, 0) is 5.41 Å². The van der Waals surface area contributed by atoms with Gasteiger partial charge in [-0.05, 0) is 116 Å². The SMILES string of the molecule is CC1(C)c2ccc(-c3ccc(N(c4ccc(-c5cccc6c5oc5ccccc56)cc4)c4ccc(-c5cccc6c5oc5ccccc56)cc4)cc3)cc2-c2ccc(-c3ccccc3)cc21. The summed E-state index contributed by atoms with van der Waals surface area (Å²) in [6.07, 6.45) is 0. The number of benzene rings is 10. The largest absolute Gasteiger partial charge is 0.455 e. The van der Waals surface area contributed by atoms with Gasteiger partial charge in [0, 0.05) is 55.1 Å². The fourth-order valence-corrected chi connectivity index (χ4v) is 10.5. The molecule has 0 unspecified atom stereocenters. The van der Waals surface area contributed by atoms with E-state index in [4.69, 9.17) is 8.83 Å². The molecular weight excluding hydrogens is 803 g/mol. The average Bonchev–Trinajstić information content (AvgIpc) is 4.02. The molecule has 0 atom stereocenters. The predicted molar refractivity (Wildman–Crippen MR) is 275 cm³/mol. The maximum absolute atomic E-state index is 6.45. The van der Waals surface area contributed by atoms with Crippen molar-refractivity contribution in [3.63, 3.8) is 0 Å². The number of para-hydroxylation sites is 4. The second kappa shape index (κ2) is 14.8. The summed E-state index contributed by atoms with van der Waals surface area (Å²) in [6.45, 7) is 4.71. The first-order chi connectivity index (χ1) is 32.5. The van der Waals surface area contributed by atoms with Gasteiger partial charge in [-0.3, -0.25) is 0 Å². The number of hydrogen-bond acceptors (Lipinski definition) is 3. The molecule has 0 N–H and O–H groups in total. The molecule has 0 fully saturated rings. The fourth-order valence-electron chi connectivity index (χ4n) is 10.5. The van der Waals surface area contributed by atoms with Crippen molar-refractivity contribution in [2.24, 2.45) is 0 Å². The van der Waals surface area contributed by atoms with Gasteiger partial charge in [0.15, 0.2) is 0 Å². The summed E-state index contributed by atoms with van der Waals surface area (Å²) in [5.74, 6) is 0. The molecule has 0 amide bonds. The fraction of sp³-hybridized carbons (Fsp3) is 0.0476. The van der Waals surface area contributed by atoms with E-state index in [1.165, 1.54) is 44.5 Å². The molecule has 13 rings (SSSR count). The highest BCUT2D eigenvalue weighted by atomic mass is 16.3. The summed E-state index contributed by atoms with van der Waals surface area (Å²) >= 11 is 0. The zero-order valence-corrected chi connectivity index (χ0v) is 36.6. The lowest BCUT2D eigenvalue weighted by molar-refractivity contribution is 0.660. The van der Waals surface area contributed by atoms with Gasteiger partial charge in [0.1, 0.15) is 22.3 Å². The Morgan fingerprint density at radius 1 is 0.303 bits per heavy atom. The standard InChI is InChI=1S/C63H43NO2/c1-63(2)57-37-29-44(38-56(57)51-36-28-45(39-58(51)63)40-12-4-3-5-13-40)41-22-30-46(31-23-41)64(47-32-24-42(25-33-47)49-16-10-18-54-52-14-6-8-20-59(52)65-61(49)54)48-34-26-43(27-35-48)50-17-11-19-55-53-15-7-9-21-60(53)66-62(50)55/h3-39H,1-2H3. The molecule has 2 heterocycles. The van der Waals surface area contributed by atoms with Crippen molar-refractivity contribution in [2.75, 3.05) is 4.90 Å². The van der Waals surface area contributed by atoms with E-state index in [1.807, 2.05) is 24.3 Å². The summed E-state index contributed by atoms with van der Waals surface area (Å²) in [7, 11) is 0. The van der Waals surface area contributed by atoms with Crippen LogP contribution in [0.1, 0.15) is 25.0 Å². The molecule has 0 spiro atoms. The predicted octanol–water partition coefficient (Wildman–Crippen LogP) is 17.9. The smallest absolute Gasteiger partial charge is 0.143 e. The molecule has 66 heavy (non-hydrogen) atoms. The molecular formula is C63H43NO2. The van der Waals surface area contributed by atoms with E-state index in [9.17, 15) is 0 Å². The lowest BCUT2D eigenvalue weighted by Crippen LogP contribution is -2.15. The van der Waals surface area contributed by atoms with Crippen LogP contribution >= 0.6 is 0 Å². The Kier molecular flexibility index (Phi) is 8.56. The number of rotatable bonds is 7. The van der Waals surface area contributed by atoms with E-state index in [1.54, 1.807) is 0 Å². The third-order valence-electron chi connectivity index (χ3n) is 13.9. The monoisotopic (exact) mass is 845 g/mol. The Labute approximate surface area is 383 Å². The van der Waals surface area contributed by atoms with Crippen molar-refractivity contribution in [3.8, 4) is 55.6 Å². The van der Waals surface area contributed by atoms with Gasteiger partial charge in [-0.2, -0.15) is 0 Å². The van der Waals surface area contributed by atoms with Crippen LogP contribution in [0, 0.1) is 0 Å². The quantitative estimate of drug-likeness (QED) is 0.160. The molecule has 10 aromatic carbocycles. The summed E-state index contributed by atoms with van der Waals surface area (Å²) in [5.41, 5.74) is 21.3. The summed E-state index contributed by atoms with van der Waals surface area (Å²) < 4.78 is 12.9. The van der Waals surface area contributed by atoms with Gasteiger partial charge in [0.25, 0.3) is 0 Å². The zero-order valence-electron chi connectivity index (χ0n) is 36.6. The van der Waals surface area contributed by atoms with Crippen molar-refractivity contribution in [2.45, 2.75) is 19.3 Å². The van der Waals surface area contributed by atoms with Gasteiger partial charge in [-0.25, -0.2) is 0 Å². The van der Waals surface area contributed by atoms with Crippen LogP contribution in [0.4, 0.5) is 17.1 Å². The molecule has 12 aromatic rings.